The minimum Gasteiger partial charge on any atom is -0.504 e. The highest BCUT2D eigenvalue weighted by atomic mass is 16.5. The van der Waals surface area contributed by atoms with E-state index in [2.05, 4.69) is 29.3 Å². The Morgan fingerprint density at radius 3 is 2.12 bits per heavy atom. The predicted molar refractivity (Wildman–Crippen MR) is 143 cm³/mol. The summed E-state index contributed by atoms with van der Waals surface area (Å²) < 4.78 is 5.08. The molecule has 0 radical (unpaired) electrons. The van der Waals surface area contributed by atoms with Crippen LogP contribution in [0.2, 0.25) is 0 Å². The Morgan fingerprint density at radius 2 is 1.53 bits per heavy atom. The molecule has 5 nitrogen and oxygen atoms in total. The van der Waals surface area contributed by atoms with E-state index in [1.165, 1.54) is 70.3 Å². The molecule has 2 aliphatic rings. The minimum absolute atomic E-state index is 0. The number of carbonyl (C=O) groups excluding carboxylic acids is 2. The summed E-state index contributed by atoms with van der Waals surface area (Å²) in [4.78, 5) is 26.5. The maximum Gasteiger partial charge on any atom is 0.255 e. The minimum atomic E-state index is -0.594. The van der Waals surface area contributed by atoms with Crippen LogP contribution >= 0.6 is 0 Å². The van der Waals surface area contributed by atoms with Gasteiger partial charge < -0.3 is 15.4 Å². The fourth-order valence-electron chi connectivity index (χ4n) is 5.40. The molecule has 2 N–H and O–H groups in total. The lowest BCUT2D eigenvalue weighted by Crippen LogP contribution is -2.49. The zero-order valence-corrected chi connectivity index (χ0v) is 21.0. The van der Waals surface area contributed by atoms with Crippen LogP contribution in [0.15, 0.2) is 48.3 Å². The number of carbonyl (C=O) groups is 2. The van der Waals surface area contributed by atoms with Gasteiger partial charge in [0.05, 0.1) is 18.9 Å². The maximum atomic E-state index is 13.5. The quantitative estimate of drug-likeness (QED) is 0.241. The first-order chi connectivity index (χ1) is 16.5. The van der Waals surface area contributed by atoms with Gasteiger partial charge in [-0.05, 0) is 67.7 Å². The first-order valence-electron chi connectivity index (χ1n) is 13.1. The van der Waals surface area contributed by atoms with E-state index in [-0.39, 0.29) is 20.6 Å². The first kappa shape index (κ1) is 26.1. The lowest BCUT2D eigenvalue weighted by atomic mass is 9.84. The largest absolute Gasteiger partial charge is 0.504 e. The van der Waals surface area contributed by atoms with E-state index >= 15 is 0 Å². The molecular formula is C29H46N2O3. The number of nitrogens with one attached hydrogen (secondary N) is 2. The van der Waals surface area contributed by atoms with Gasteiger partial charge in [0.15, 0.2) is 0 Å². The van der Waals surface area contributed by atoms with Gasteiger partial charge in [-0.3, -0.25) is 9.59 Å². The van der Waals surface area contributed by atoms with Gasteiger partial charge >= 0.3 is 0 Å². The van der Waals surface area contributed by atoms with Crippen molar-refractivity contribution in [3.63, 3.8) is 0 Å². The third-order valence-electron chi connectivity index (χ3n) is 7.39. The Hall–Kier alpha value is -2.56. The summed E-state index contributed by atoms with van der Waals surface area (Å²) in [5.41, 5.74) is 3.11. The van der Waals surface area contributed by atoms with Crippen LogP contribution in [-0.2, 0) is 14.3 Å². The van der Waals surface area contributed by atoms with E-state index in [1.54, 1.807) is 6.92 Å². The molecule has 2 amide bonds. The number of hydrogen-bond acceptors (Lipinski definition) is 3. The zero-order chi connectivity index (χ0) is 24.3. The maximum absolute atomic E-state index is 13.5. The monoisotopic (exact) mass is 470 g/mol. The van der Waals surface area contributed by atoms with Crippen molar-refractivity contribution < 1.29 is 17.2 Å². The van der Waals surface area contributed by atoms with Crippen molar-refractivity contribution in [1.29, 1.82) is 0 Å². The Labute approximate surface area is 208 Å². The summed E-state index contributed by atoms with van der Waals surface area (Å²) in [6.45, 7) is 5.66. The van der Waals surface area contributed by atoms with E-state index in [1.807, 2.05) is 12.1 Å². The Morgan fingerprint density at radius 1 is 0.971 bits per heavy atom. The van der Waals surface area contributed by atoms with Gasteiger partial charge in [0.2, 0.25) is 5.91 Å². The summed E-state index contributed by atoms with van der Waals surface area (Å²) in [7, 11) is 1.51. The van der Waals surface area contributed by atoms with Crippen molar-refractivity contribution in [2.24, 2.45) is 5.92 Å². The number of methoxy groups -OCH3 is 1. The van der Waals surface area contributed by atoms with Crippen molar-refractivity contribution in [3.8, 4) is 0 Å². The molecule has 5 heteroatoms. The number of benzene rings is 1. The van der Waals surface area contributed by atoms with Crippen molar-refractivity contribution in [1.82, 2.24) is 5.32 Å². The van der Waals surface area contributed by atoms with Crippen molar-refractivity contribution >= 4 is 17.5 Å². The van der Waals surface area contributed by atoms with Gasteiger partial charge in [-0.25, -0.2) is 0 Å². The average molecular weight is 471 g/mol. The number of amides is 2. The summed E-state index contributed by atoms with van der Waals surface area (Å²) in [6, 6.07) is 7.71. The van der Waals surface area contributed by atoms with Gasteiger partial charge in [-0.15, -0.1) is 0 Å². The molecule has 0 saturated heterocycles. The van der Waals surface area contributed by atoms with Crippen LogP contribution in [0, 0.1) is 5.92 Å². The van der Waals surface area contributed by atoms with Crippen molar-refractivity contribution in [2.45, 2.75) is 95.9 Å². The highest BCUT2D eigenvalue weighted by Crippen LogP contribution is 2.33. The highest BCUT2D eigenvalue weighted by molar-refractivity contribution is 6.02. The fraction of sp³-hybridized carbons (Fsp3) is 0.586. The summed E-state index contributed by atoms with van der Waals surface area (Å²) in [6.07, 6.45) is 15.5. The molecule has 0 spiro atoms. The summed E-state index contributed by atoms with van der Waals surface area (Å²) in [5.74, 6) is 0.278. The third-order valence-corrected chi connectivity index (χ3v) is 7.39. The van der Waals surface area contributed by atoms with Crippen LogP contribution < -0.4 is 10.6 Å². The average Bonchev–Trinajstić information content (AvgIpc) is 2.82. The second kappa shape index (κ2) is 13.4. The molecule has 0 bridgehead atoms. The predicted octanol–water partition coefficient (Wildman–Crippen LogP) is 7.12. The molecule has 2 saturated carbocycles. The van der Waals surface area contributed by atoms with Gasteiger partial charge in [-0.2, -0.15) is 0 Å². The lowest BCUT2D eigenvalue weighted by molar-refractivity contribution is -0.125. The smallest absolute Gasteiger partial charge is 0.255 e. The van der Waals surface area contributed by atoms with Crippen LogP contribution in [0.3, 0.4) is 0 Å². The Kier molecular flexibility index (Phi) is 10.2. The molecule has 34 heavy (non-hydrogen) atoms. The standard InChI is InChI=1S/C29H42N2O3.2H2/c1-21(2)26(20-34-3)28(32)31-27(24-14-8-5-4-6-9-15-24)29(33)30-25-18-16-23(17-19-25)22-12-10-7-11-13-22;;/h16-20,22,24,27H,1,4-15H2,2-3H3,(H,30,33)(H,31,32);2*1H/b26-20+;;. The summed E-state index contributed by atoms with van der Waals surface area (Å²) >= 11 is 0. The second-order valence-electron chi connectivity index (χ2n) is 10.1. The van der Waals surface area contributed by atoms with Crippen LogP contribution in [-0.4, -0.2) is 25.0 Å². The highest BCUT2D eigenvalue weighted by Gasteiger charge is 2.31. The molecule has 2 aliphatic carbocycles. The van der Waals surface area contributed by atoms with E-state index in [0.717, 1.165) is 31.4 Å². The van der Waals surface area contributed by atoms with Crippen LogP contribution in [0.1, 0.15) is 98.3 Å². The molecule has 1 atom stereocenters. The first-order valence-corrected chi connectivity index (χ1v) is 13.1. The third kappa shape index (κ3) is 7.48. The SMILES string of the molecule is C=C(C)/C(=C\OC)C(=O)NC(C(=O)Nc1ccc(C2CCCCC2)cc1)C1CCCCCCC1.[HH].[HH]. The van der Waals surface area contributed by atoms with E-state index in [0.29, 0.717) is 17.1 Å². The second-order valence-corrected chi connectivity index (χ2v) is 10.1. The lowest BCUT2D eigenvalue weighted by Gasteiger charge is -2.29. The van der Waals surface area contributed by atoms with Crippen LogP contribution in [0.4, 0.5) is 5.69 Å². The van der Waals surface area contributed by atoms with E-state index in [4.69, 9.17) is 4.74 Å². The molecule has 3 rings (SSSR count). The van der Waals surface area contributed by atoms with Gasteiger partial charge in [0, 0.05) is 8.54 Å². The Balaban J connectivity index is 0.00000324. The molecule has 190 valence electrons. The molecular weight excluding hydrogens is 424 g/mol. The molecule has 1 aromatic rings. The number of hydrogen-bond donors (Lipinski definition) is 2. The van der Waals surface area contributed by atoms with Crippen molar-refractivity contribution in [3.05, 3.63) is 53.8 Å². The number of ether oxygens (including phenoxy) is 1. The normalized spacial score (nSPS) is 19.4. The fourth-order valence-corrected chi connectivity index (χ4v) is 5.40. The summed E-state index contributed by atoms with van der Waals surface area (Å²) in [5, 5.41) is 6.11. The van der Waals surface area contributed by atoms with Crippen LogP contribution in [0.5, 0.6) is 0 Å². The topological polar surface area (TPSA) is 67.4 Å². The van der Waals surface area contributed by atoms with Crippen LogP contribution in [0.25, 0.3) is 0 Å². The molecule has 1 unspecified atom stereocenters. The zero-order valence-electron chi connectivity index (χ0n) is 21.0. The molecule has 0 heterocycles. The molecule has 1 aromatic carbocycles. The van der Waals surface area contributed by atoms with Gasteiger partial charge in [-0.1, -0.05) is 70.1 Å². The molecule has 2 fully saturated rings. The molecule has 0 aliphatic heterocycles. The van der Waals surface area contributed by atoms with Gasteiger partial charge in [0.25, 0.3) is 5.91 Å². The number of anilines is 1. The Bertz CT molecular complexity index is 856. The van der Waals surface area contributed by atoms with Crippen molar-refractivity contribution in [2.75, 3.05) is 12.4 Å². The van der Waals surface area contributed by atoms with E-state index in [9.17, 15) is 9.59 Å². The van der Waals surface area contributed by atoms with Gasteiger partial charge in [0.1, 0.15) is 6.04 Å². The molecule has 0 aromatic heterocycles. The number of rotatable bonds is 8. The van der Waals surface area contributed by atoms with E-state index < -0.39 is 6.04 Å².